The molecule has 1 heterocycles. The van der Waals surface area contributed by atoms with Crippen molar-refractivity contribution in [2.24, 2.45) is 0 Å². The summed E-state index contributed by atoms with van der Waals surface area (Å²) < 4.78 is 0. The molecule has 0 atom stereocenters. The Morgan fingerprint density at radius 3 is 2.62 bits per heavy atom. The summed E-state index contributed by atoms with van der Waals surface area (Å²) >= 11 is 0. The molecule has 0 saturated heterocycles. The van der Waals surface area contributed by atoms with E-state index in [0.717, 1.165) is 5.92 Å². The van der Waals surface area contributed by atoms with E-state index < -0.39 is 0 Å². The summed E-state index contributed by atoms with van der Waals surface area (Å²) in [6, 6.07) is 10.9. The number of fused-ring (bicyclic) bond motifs is 1. The Hall–Kier alpha value is -1.37. The van der Waals surface area contributed by atoms with Crippen LogP contribution in [0.5, 0.6) is 0 Å². The molecule has 1 aliphatic carbocycles. The lowest BCUT2D eigenvalue weighted by Crippen LogP contribution is -2.17. The van der Waals surface area contributed by atoms with Gasteiger partial charge in [-0.2, -0.15) is 0 Å². The van der Waals surface area contributed by atoms with Crippen molar-refractivity contribution in [3.8, 4) is 0 Å². The largest absolute Gasteiger partial charge is 0.214 e. The molecule has 1 aromatic heterocycles. The summed E-state index contributed by atoms with van der Waals surface area (Å²) in [5, 5.41) is 2.78. The van der Waals surface area contributed by atoms with Gasteiger partial charge in [0.25, 0.3) is 0 Å². The number of pyridine rings is 1. The smallest absolute Gasteiger partial charge is 0.190 e. The van der Waals surface area contributed by atoms with Crippen molar-refractivity contribution < 1.29 is 4.98 Å². The molecule has 1 aliphatic rings. The van der Waals surface area contributed by atoms with E-state index in [-0.39, 0.29) is 0 Å². The summed E-state index contributed by atoms with van der Waals surface area (Å²) in [4.78, 5) is 3.48. The molecule has 82 valence electrons. The fourth-order valence-corrected chi connectivity index (χ4v) is 2.92. The Morgan fingerprint density at radius 1 is 0.938 bits per heavy atom. The van der Waals surface area contributed by atoms with Gasteiger partial charge in [0.05, 0.1) is 0 Å². The van der Waals surface area contributed by atoms with Crippen LogP contribution in [0.2, 0.25) is 0 Å². The molecule has 2 aromatic rings. The quantitative estimate of drug-likeness (QED) is 0.684. The van der Waals surface area contributed by atoms with Gasteiger partial charge in [-0.25, -0.2) is 4.98 Å². The molecular formula is C15H18N+. The van der Waals surface area contributed by atoms with Crippen LogP contribution < -0.4 is 4.98 Å². The van der Waals surface area contributed by atoms with Crippen molar-refractivity contribution in [3.05, 3.63) is 42.2 Å². The average Bonchev–Trinajstić information content (AvgIpc) is 2.39. The van der Waals surface area contributed by atoms with E-state index in [1.807, 2.05) is 0 Å². The predicted octanol–water partition coefficient (Wildman–Crippen LogP) is 3.70. The minimum Gasteiger partial charge on any atom is -0.214 e. The van der Waals surface area contributed by atoms with Gasteiger partial charge in [0.2, 0.25) is 0 Å². The van der Waals surface area contributed by atoms with E-state index in [1.54, 1.807) is 0 Å². The van der Waals surface area contributed by atoms with Gasteiger partial charge in [-0.15, -0.1) is 0 Å². The molecule has 0 radical (unpaired) electrons. The second kappa shape index (κ2) is 4.25. The molecule has 1 fully saturated rings. The monoisotopic (exact) mass is 212 g/mol. The highest BCUT2D eigenvalue weighted by molar-refractivity contribution is 5.83. The van der Waals surface area contributed by atoms with E-state index in [4.69, 9.17) is 0 Å². The molecule has 0 aliphatic heterocycles. The van der Waals surface area contributed by atoms with Gasteiger partial charge in [-0.05, 0) is 24.3 Å². The number of nitrogens with one attached hydrogen (secondary N) is 1. The number of benzene rings is 1. The van der Waals surface area contributed by atoms with Gasteiger partial charge < -0.3 is 0 Å². The first-order chi connectivity index (χ1) is 7.95. The summed E-state index contributed by atoms with van der Waals surface area (Å²) in [5.41, 5.74) is 1.46. The van der Waals surface area contributed by atoms with Crippen LogP contribution in [0.25, 0.3) is 10.8 Å². The fourth-order valence-electron chi connectivity index (χ4n) is 2.92. The molecule has 0 spiro atoms. The molecule has 1 saturated carbocycles. The average molecular weight is 212 g/mol. The number of H-pyrrole nitrogens is 1. The number of aromatic amines is 1. The second-order valence-corrected chi connectivity index (χ2v) is 4.81. The lowest BCUT2D eigenvalue weighted by atomic mass is 9.85. The third-order valence-corrected chi connectivity index (χ3v) is 3.77. The Kier molecular flexibility index (Phi) is 2.61. The molecule has 3 rings (SSSR count). The van der Waals surface area contributed by atoms with Crippen LogP contribution in [-0.2, 0) is 0 Å². The van der Waals surface area contributed by atoms with Crippen molar-refractivity contribution in [3.63, 3.8) is 0 Å². The van der Waals surface area contributed by atoms with E-state index in [0.29, 0.717) is 0 Å². The minimum atomic E-state index is 0.750. The topological polar surface area (TPSA) is 14.1 Å². The highest BCUT2D eigenvalue weighted by atomic mass is 14.7. The first-order valence-electron chi connectivity index (χ1n) is 6.34. The standard InChI is InChI=1S/C15H17N/c1-2-7-13(8-3-1)15-14-9-5-4-6-12(14)10-11-16-15/h4-6,9-11,13H,1-3,7-8H2/p+1. The van der Waals surface area contributed by atoms with Crippen LogP contribution in [0, 0.1) is 0 Å². The summed E-state index contributed by atoms with van der Waals surface area (Å²) in [6.07, 6.45) is 8.99. The van der Waals surface area contributed by atoms with Crippen LogP contribution in [0.3, 0.4) is 0 Å². The third kappa shape index (κ3) is 1.71. The van der Waals surface area contributed by atoms with Crippen molar-refractivity contribution >= 4 is 10.8 Å². The van der Waals surface area contributed by atoms with Gasteiger partial charge in [0.1, 0.15) is 0 Å². The molecule has 1 nitrogen and oxygen atoms in total. The Morgan fingerprint density at radius 2 is 1.75 bits per heavy atom. The normalized spacial score (nSPS) is 17.8. The molecule has 16 heavy (non-hydrogen) atoms. The Labute approximate surface area is 96.5 Å². The minimum absolute atomic E-state index is 0.750. The Bertz CT molecular complexity index is 478. The number of hydrogen-bond donors (Lipinski definition) is 0. The van der Waals surface area contributed by atoms with Crippen molar-refractivity contribution in [2.75, 3.05) is 0 Å². The van der Waals surface area contributed by atoms with E-state index in [1.165, 1.54) is 48.6 Å². The molecule has 1 N–H and O–H groups in total. The predicted molar refractivity (Wildman–Crippen MR) is 66.3 cm³/mol. The lowest BCUT2D eigenvalue weighted by molar-refractivity contribution is -0.391. The highest BCUT2D eigenvalue weighted by Gasteiger charge is 2.22. The third-order valence-electron chi connectivity index (χ3n) is 3.77. The van der Waals surface area contributed by atoms with E-state index in [2.05, 4.69) is 41.5 Å². The van der Waals surface area contributed by atoms with Gasteiger partial charge in [-0.3, -0.25) is 0 Å². The van der Waals surface area contributed by atoms with Crippen molar-refractivity contribution in [1.29, 1.82) is 0 Å². The molecule has 0 bridgehead atoms. The zero-order valence-electron chi connectivity index (χ0n) is 9.58. The highest BCUT2D eigenvalue weighted by Crippen LogP contribution is 2.33. The van der Waals surface area contributed by atoms with Crippen molar-refractivity contribution in [2.45, 2.75) is 38.0 Å². The maximum absolute atomic E-state index is 3.48. The summed E-state index contributed by atoms with van der Waals surface area (Å²) in [5.74, 6) is 0.750. The van der Waals surface area contributed by atoms with Crippen molar-refractivity contribution in [1.82, 2.24) is 0 Å². The second-order valence-electron chi connectivity index (χ2n) is 4.81. The number of rotatable bonds is 1. The van der Waals surface area contributed by atoms with Crippen LogP contribution in [0.1, 0.15) is 43.7 Å². The van der Waals surface area contributed by atoms with Crippen LogP contribution in [0.15, 0.2) is 36.5 Å². The maximum Gasteiger partial charge on any atom is 0.190 e. The molecule has 0 unspecified atom stereocenters. The summed E-state index contributed by atoms with van der Waals surface area (Å²) in [7, 11) is 0. The van der Waals surface area contributed by atoms with Gasteiger partial charge >= 0.3 is 0 Å². The zero-order valence-corrected chi connectivity index (χ0v) is 9.58. The molecule has 1 aromatic carbocycles. The van der Waals surface area contributed by atoms with Gasteiger partial charge in [-0.1, -0.05) is 37.5 Å². The fraction of sp³-hybridized carbons (Fsp3) is 0.400. The van der Waals surface area contributed by atoms with Crippen LogP contribution in [0.4, 0.5) is 0 Å². The number of hydrogen-bond acceptors (Lipinski definition) is 0. The molecule has 0 amide bonds. The first-order valence-corrected chi connectivity index (χ1v) is 6.34. The maximum atomic E-state index is 3.48. The van der Waals surface area contributed by atoms with Crippen LogP contribution in [-0.4, -0.2) is 0 Å². The summed E-state index contributed by atoms with van der Waals surface area (Å²) in [6.45, 7) is 0. The zero-order chi connectivity index (χ0) is 10.8. The number of aromatic nitrogens is 1. The van der Waals surface area contributed by atoms with Gasteiger partial charge in [0.15, 0.2) is 11.9 Å². The SMILES string of the molecule is c1ccc2c(C3CCCCC3)[nH+]ccc2c1. The Balaban J connectivity index is 2.08. The molecule has 1 heteroatoms. The van der Waals surface area contributed by atoms with E-state index >= 15 is 0 Å². The van der Waals surface area contributed by atoms with Crippen LogP contribution >= 0.6 is 0 Å². The van der Waals surface area contributed by atoms with Gasteiger partial charge in [0, 0.05) is 17.4 Å². The van der Waals surface area contributed by atoms with E-state index in [9.17, 15) is 0 Å². The lowest BCUT2D eigenvalue weighted by Gasteiger charge is -2.18. The first kappa shape index (κ1) is 9.83. The molecular weight excluding hydrogens is 194 g/mol.